The van der Waals surface area contributed by atoms with Gasteiger partial charge in [0, 0.05) is 38.2 Å². The summed E-state index contributed by atoms with van der Waals surface area (Å²) >= 11 is 5.91. The van der Waals surface area contributed by atoms with Crippen molar-refractivity contribution in [3.63, 3.8) is 0 Å². The van der Waals surface area contributed by atoms with Crippen LogP contribution in [0, 0.1) is 5.92 Å². The van der Waals surface area contributed by atoms with Crippen molar-refractivity contribution in [3.05, 3.63) is 34.9 Å². The van der Waals surface area contributed by atoms with Crippen LogP contribution >= 0.6 is 35.6 Å². The molecule has 8 heteroatoms. The number of rotatable bonds is 4. The quantitative estimate of drug-likeness (QED) is 0.352. The number of benzene rings is 1. The lowest BCUT2D eigenvalue weighted by molar-refractivity contribution is 0.0185. The summed E-state index contributed by atoms with van der Waals surface area (Å²) in [5.74, 6) is 1.29. The van der Waals surface area contributed by atoms with Gasteiger partial charge in [0.1, 0.15) is 5.60 Å². The van der Waals surface area contributed by atoms with Gasteiger partial charge in [-0.15, -0.1) is 24.0 Å². The Bertz CT molecular complexity index is 639. The second kappa shape index (κ2) is 11.7. The van der Waals surface area contributed by atoms with Crippen LogP contribution in [0.4, 0.5) is 4.79 Å². The molecule has 1 aliphatic heterocycles. The Balaban J connectivity index is 0.00000392. The third-order valence-electron chi connectivity index (χ3n) is 4.42. The molecule has 28 heavy (non-hydrogen) atoms. The number of aliphatic imine (C=N–C) groups is 1. The molecule has 2 N–H and O–H groups in total. The molecule has 0 saturated carbocycles. The number of hydrogen-bond acceptors (Lipinski definition) is 3. The van der Waals surface area contributed by atoms with Crippen LogP contribution in [0.3, 0.4) is 0 Å². The van der Waals surface area contributed by atoms with Crippen molar-refractivity contribution in [1.82, 2.24) is 15.5 Å². The smallest absolute Gasteiger partial charge is 0.410 e. The van der Waals surface area contributed by atoms with Crippen molar-refractivity contribution in [2.24, 2.45) is 10.9 Å². The maximum atomic E-state index is 12.1. The van der Waals surface area contributed by atoms with E-state index in [1.165, 1.54) is 0 Å². The summed E-state index contributed by atoms with van der Waals surface area (Å²) < 4.78 is 5.44. The maximum absolute atomic E-state index is 12.1. The van der Waals surface area contributed by atoms with E-state index in [0.717, 1.165) is 49.0 Å². The van der Waals surface area contributed by atoms with Gasteiger partial charge in [-0.25, -0.2) is 4.79 Å². The van der Waals surface area contributed by atoms with Crippen molar-refractivity contribution in [1.29, 1.82) is 0 Å². The Morgan fingerprint density at radius 1 is 1.21 bits per heavy atom. The number of piperidine rings is 1. The van der Waals surface area contributed by atoms with Crippen LogP contribution in [-0.4, -0.2) is 49.2 Å². The lowest BCUT2D eigenvalue weighted by atomic mass is 9.97. The van der Waals surface area contributed by atoms with E-state index in [9.17, 15) is 4.79 Å². The lowest BCUT2D eigenvalue weighted by Gasteiger charge is -2.33. The number of guanidine groups is 1. The van der Waals surface area contributed by atoms with Gasteiger partial charge in [0.25, 0.3) is 0 Å². The fourth-order valence-corrected chi connectivity index (χ4v) is 3.02. The fourth-order valence-electron chi connectivity index (χ4n) is 2.90. The topological polar surface area (TPSA) is 66.0 Å². The highest BCUT2D eigenvalue weighted by molar-refractivity contribution is 14.0. The van der Waals surface area contributed by atoms with Crippen molar-refractivity contribution < 1.29 is 9.53 Å². The van der Waals surface area contributed by atoms with Crippen molar-refractivity contribution in [2.45, 2.75) is 45.8 Å². The number of nitrogens with zero attached hydrogens (tertiary/aromatic N) is 2. The minimum Gasteiger partial charge on any atom is -0.444 e. The van der Waals surface area contributed by atoms with Crippen LogP contribution in [0.2, 0.25) is 5.02 Å². The van der Waals surface area contributed by atoms with Gasteiger partial charge < -0.3 is 20.3 Å². The molecule has 1 aliphatic rings. The Hall–Kier alpha value is -1.22. The van der Waals surface area contributed by atoms with Gasteiger partial charge in [-0.05, 0) is 57.2 Å². The molecule has 0 radical (unpaired) electrons. The van der Waals surface area contributed by atoms with Gasteiger partial charge >= 0.3 is 6.09 Å². The first-order valence-corrected chi connectivity index (χ1v) is 9.81. The first-order valence-electron chi connectivity index (χ1n) is 9.44. The summed E-state index contributed by atoms with van der Waals surface area (Å²) in [6, 6.07) is 7.75. The van der Waals surface area contributed by atoms with E-state index >= 15 is 0 Å². The summed E-state index contributed by atoms with van der Waals surface area (Å²) in [5, 5.41) is 7.43. The van der Waals surface area contributed by atoms with Crippen LogP contribution in [0.5, 0.6) is 0 Å². The van der Waals surface area contributed by atoms with Crippen molar-refractivity contribution >= 4 is 47.6 Å². The highest BCUT2D eigenvalue weighted by Gasteiger charge is 2.26. The van der Waals surface area contributed by atoms with E-state index < -0.39 is 5.60 Å². The van der Waals surface area contributed by atoms with Crippen LogP contribution in [0.25, 0.3) is 0 Å². The van der Waals surface area contributed by atoms with E-state index in [1.807, 2.05) is 45.0 Å². The summed E-state index contributed by atoms with van der Waals surface area (Å²) in [6.07, 6.45) is 1.70. The first-order chi connectivity index (χ1) is 12.8. The minimum atomic E-state index is -0.447. The highest BCUT2D eigenvalue weighted by Crippen LogP contribution is 2.19. The minimum absolute atomic E-state index is 0. The van der Waals surface area contributed by atoms with E-state index in [1.54, 1.807) is 11.9 Å². The van der Waals surface area contributed by atoms with E-state index in [4.69, 9.17) is 16.3 Å². The SMILES string of the molecule is CN=C(NCc1ccc(Cl)cc1)NCC1CCN(C(=O)OC(C)(C)C)CC1.I. The molecule has 2 rings (SSSR count). The molecule has 0 aromatic heterocycles. The maximum Gasteiger partial charge on any atom is 0.410 e. The molecule has 1 saturated heterocycles. The summed E-state index contributed by atoms with van der Waals surface area (Å²) in [7, 11) is 1.77. The number of halogens is 2. The molecule has 1 amide bonds. The molecular formula is C20H32ClIN4O2. The van der Waals surface area contributed by atoms with Gasteiger partial charge in [-0.2, -0.15) is 0 Å². The second-order valence-corrected chi connectivity index (χ2v) is 8.28. The van der Waals surface area contributed by atoms with Crippen molar-refractivity contribution in [2.75, 3.05) is 26.7 Å². The molecule has 1 aromatic carbocycles. The van der Waals surface area contributed by atoms with E-state index in [0.29, 0.717) is 12.5 Å². The lowest BCUT2D eigenvalue weighted by Crippen LogP contribution is -2.45. The summed E-state index contributed by atoms with van der Waals surface area (Å²) in [4.78, 5) is 18.2. The van der Waals surface area contributed by atoms with Crippen LogP contribution in [0.15, 0.2) is 29.3 Å². The third kappa shape index (κ3) is 8.86. The number of amides is 1. The number of nitrogens with one attached hydrogen (secondary N) is 2. The molecule has 1 aromatic rings. The standard InChI is InChI=1S/C20H31ClN4O2.HI/c1-20(2,3)27-19(26)25-11-9-16(10-12-25)14-24-18(22-4)23-13-15-5-7-17(21)8-6-15;/h5-8,16H,9-14H2,1-4H3,(H2,22,23,24);1H. The fraction of sp³-hybridized carbons (Fsp3) is 0.600. The second-order valence-electron chi connectivity index (χ2n) is 7.84. The normalized spacial score (nSPS) is 15.6. The predicted molar refractivity (Wildman–Crippen MR) is 126 cm³/mol. The molecule has 0 bridgehead atoms. The van der Waals surface area contributed by atoms with Crippen LogP contribution < -0.4 is 10.6 Å². The molecule has 6 nitrogen and oxygen atoms in total. The molecule has 0 unspecified atom stereocenters. The number of carbonyl (C=O) groups is 1. The van der Waals surface area contributed by atoms with Crippen LogP contribution in [0.1, 0.15) is 39.2 Å². The van der Waals surface area contributed by atoms with Gasteiger partial charge in [-0.3, -0.25) is 4.99 Å². The number of ether oxygens (including phenoxy) is 1. The average molecular weight is 523 g/mol. The monoisotopic (exact) mass is 522 g/mol. The van der Waals surface area contributed by atoms with Gasteiger partial charge in [0.15, 0.2) is 5.96 Å². The zero-order valence-electron chi connectivity index (χ0n) is 17.1. The third-order valence-corrected chi connectivity index (χ3v) is 4.67. The molecule has 1 heterocycles. The largest absolute Gasteiger partial charge is 0.444 e. The average Bonchev–Trinajstić information content (AvgIpc) is 2.62. The number of carbonyl (C=O) groups excluding carboxylic acids is 1. The number of likely N-dealkylation sites (tertiary alicyclic amines) is 1. The zero-order valence-corrected chi connectivity index (χ0v) is 20.2. The molecular weight excluding hydrogens is 491 g/mol. The van der Waals surface area contributed by atoms with Crippen LogP contribution in [-0.2, 0) is 11.3 Å². The van der Waals surface area contributed by atoms with Gasteiger partial charge in [0.05, 0.1) is 0 Å². The van der Waals surface area contributed by atoms with Gasteiger partial charge in [0.2, 0.25) is 0 Å². The van der Waals surface area contributed by atoms with E-state index in [-0.39, 0.29) is 30.1 Å². The molecule has 158 valence electrons. The first kappa shape index (κ1) is 24.8. The summed E-state index contributed by atoms with van der Waals surface area (Å²) in [6.45, 7) is 8.67. The molecule has 1 fully saturated rings. The molecule has 0 spiro atoms. The Morgan fingerprint density at radius 3 is 2.36 bits per heavy atom. The van der Waals surface area contributed by atoms with E-state index in [2.05, 4.69) is 15.6 Å². The summed E-state index contributed by atoms with van der Waals surface area (Å²) in [5.41, 5.74) is 0.700. The van der Waals surface area contributed by atoms with Gasteiger partial charge in [-0.1, -0.05) is 23.7 Å². The zero-order chi connectivity index (χ0) is 19.9. The van der Waals surface area contributed by atoms with Crippen molar-refractivity contribution in [3.8, 4) is 0 Å². The highest BCUT2D eigenvalue weighted by atomic mass is 127. The Morgan fingerprint density at radius 2 is 1.82 bits per heavy atom. The predicted octanol–water partition coefficient (Wildman–Crippen LogP) is 4.27. The Labute approximate surface area is 190 Å². The Kier molecular flexibility index (Phi) is 10.4. The molecule has 0 atom stereocenters. The number of hydrogen-bond donors (Lipinski definition) is 2. The molecule has 0 aliphatic carbocycles.